The number of nitrogens with one attached hydrogen (secondary N) is 1. The monoisotopic (exact) mass is 280 g/mol. The summed E-state index contributed by atoms with van der Waals surface area (Å²) in [4.78, 5) is 14.2. The summed E-state index contributed by atoms with van der Waals surface area (Å²) in [5.74, 6) is 0.746. The molecule has 0 spiro atoms. The van der Waals surface area contributed by atoms with Crippen molar-refractivity contribution in [1.29, 1.82) is 0 Å². The van der Waals surface area contributed by atoms with Gasteiger partial charge in [-0.3, -0.25) is 5.32 Å². The van der Waals surface area contributed by atoms with Gasteiger partial charge in [0.1, 0.15) is 5.82 Å². The molecule has 3 atom stereocenters. The van der Waals surface area contributed by atoms with Crippen LogP contribution in [-0.4, -0.2) is 46.0 Å². The average Bonchev–Trinajstić information content (AvgIpc) is 2.89. The SMILES string of the molecule is CC[C@H](C)n1nccc1NC(=O)N1CCO[C@H](C)[C@@H]1C. The number of carbonyl (C=O) groups excluding carboxylic acids is 1. The molecule has 1 fully saturated rings. The van der Waals surface area contributed by atoms with Crippen LogP contribution >= 0.6 is 0 Å². The van der Waals surface area contributed by atoms with E-state index < -0.39 is 0 Å². The second-order valence-electron chi connectivity index (χ2n) is 5.36. The van der Waals surface area contributed by atoms with E-state index in [9.17, 15) is 4.79 Å². The van der Waals surface area contributed by atoms with Crippen LogP contribution in [0.1, 0.15) is 40.2 Å². The maximum Gasteiger partial charge on any atom is 0.323 e. The first-order valence-electron chi connectivity index (χ1n) is 7.27. The molecular weight excluding hydrogens is 256 g/mol. The minimum atomic E-state index is -0.0855. The molecule has 20 heavy (non-hydrogen) atoms. The molecule has 6 nitrogen and oxygen atoms in total. The minimum Gasteiger partial charge on any atom is -0.375 e. The van der Waals surface area contributed by atoms with Crippen molar-refractivity contribution >= 4 is 11.8 Å². The lowest BCUT2D eigenvalue weighted by atomic mass is 10.1. The second kappa shape index (κ2) is 6.26. The van der Waals surface area contributed by atoms with E-state index in [0.717, 1.165) is 12.2 Å². The average molecular weight is 280 g/mol. The number of hydrogen-bond acceptors (Lipinski definition) is 3. The molecule has 1 aromatic rings. The molecule has 2 amide bonds. The molecule has 0 aliphatic carbocycles. The first-order valence-corrected chi connectivity index (χ1v) is 7.27. The topological polar surface area (TPSA) is 59.4 Å². The molecule has 1 saturated heterocycles. The van der Waals surface area contributed by atoms with E-state index in [2.05, 4.69) is 24.3 Å². The summed E-state index contributed by atoms with van der Waals surface area (Å²) in [5, 5.41) is 7.24. The summed E-state index contributed by atoms with van der Waals surface area (Å²) in [6.07, 6.45) is 2.75. The van der Waals surface area contributed by atoms with Gasteiger partial charge in [-0.2, -0.15) is 5.10 Å². The van der Waals surface area contributed by atoms with Crippen LogP contribution in [0.15, 0.2) is 12.3 Å². The van der Waals surface area contributed by atoms with Crippen LogP contribution in [0.5, 0.6) is 0 Å². The first-order chi connectivity index (χ1) is 9.54. The molecule has 0 saturated carbocycles. The minimum absolute atomic E-state index is 0.0639. The fraction of sp³-hybridized carbons (Fsp3) is 0.714. The Morgan fingerprint density at radius 2 is 2.35 bits per heavy atom. The fourth-order valence-corrected chi connectivity index (χ4v) is 2.34. The van der Waals surface area contributed by atoms with Gasteiger partial charge in [0.05, 0.1) is 31.0 Å². The maximum absolute atomic E-state index is 12.4. The number of amides is 2. The van der Waals surface area contributed by atoms with Crippen LogP contribution in [-0.2, 0) is 4.74 Å². The molecule has 6 heteroatoms. The highest BCUT2D eigenvalue weighted by atomic mass is 16.5. The van der Waals surface area contributed by atoms with E-state index in [1.54, 1.807) is 6.20 Å². The van der Waals surface area contributed by atoms with E-state index in [4.69, 9.17) is 4.74 Å². The van der Waals surface area contributed by atoms with Gasteiger partial charge in [0.2, 0.25) is 0 Å². The Kier molecular flexibility index (Phi) is 4.65. The summed E-state index contributed by atoms with van der Waals surface area (Å²) in [7, 11) is 0. The Labute approximate surface area is 120 Å². The molecule has 2 heterocycles. The Balaban J connectivity index is 2.06. The predicted octanol–water partition coefficient (Wildman–Crippen LogP) is 2.50. The lowest BCUT2D eigenvalue weighted by Gasteiger charge is -2.37. The third-order valence-electron chi connectivity index (χ3n) is 4.06. The van der Waals surface area contributed by atoms with Crippen molar-refractivity contribution in [3.63, 3.8) is 0 Å². The van der Waals surface area contributed by atoms with Crippen LogP contribution in [0.3, 0.4) is 0 Å². The number of carbonyl (C=O) groups is 1. The van der Waals surface area contributed by atoms with Crippen molar-refractivity contribution < 1.29 is 9.53 Å². The standard InChI is InChI=1S/C14H24N4O2/c1-5-10(2)18-13(6-7-15-18)16-14(19)17-8-9-20-12(4)11(17)3/h6-7,10-12H,5,8-9H2,1-4H3,(H,16,19)/t10-,11-,12+/m0/s1. The third-order valence-corrected chi connectivity index (χ3v) is 4.06. The van der Waals surface area contributed by atoms with Gasteiger partial charge in [0.15, 0.2) is 0 Å². The largest absolute Gasteiger partial charge is 0.375 e. The van der Waals surface area contributed by atoms with Gasteiger partial charge in [0, 0.05) is 12.6 Å². The maximum atomic E-state index is 12.4. The van der Waals surface area contributed by atoms with Gasteiger partial charge in [-0.25, -0.2) is 9.48 Å². The summed E-state index contributed by atoms with van der Waals surface area (Å²) in [5.41, 5.74) is 0. The summed E-state index contributed by atoms with van der Waals surface area (Å²) >= 11 is 0. The van der Waals surface area contributed by atoms with Crippen LogP contribution in [0, 0.1) is 0 Å². The van der Waals surface area contributed by atoms with Crippen molar-refractivity contribution in [2.45, 2.75) is 52.3 Å². The predicted molar refractivity (Wildman–Crippen MR) is 77.8 cm³/mol. The number of nitrogens with zero attached hydrogens (tertiary/aromatic N) is 3. The smallest absolute Gasteiger partial charge is 0.323 e. The molecule has 0 unspecified atom stereocenters. The fourth-order valence-electron chi connectivity index (χ4n) is 2.34. The quantitative estimate of drug-likeness (QED) is 0.925. The first kappa shape index (κ1) is 14.8. The molecule has 0 radical (unpaired) electrons. The van der Waals surface area contributed by atoms with Crippen molar-refractivity contribution in [2.75, 3.05) is 18.5 Å². The highest BCUT2D eigenvalue weighted by Crippen LogP contribution is 2.19. The van der Waals surface area contributed by atoms with Gasteiger partial charge in [-0.05, 0) is 27.2 Å². The molecule has 112 valence electrons. The molecule has 1 aliphatic rings. The van der Waals surface area contributed by atoms with E-state index in [1.807, 2.05) is 29.5 Å². The molecule has 2 rings (SSSR count). The molecule has 1 aromatic heterocycles. The molecule has 0 bridgehead atoms. The van der Waals surface area contributed by atoms with Gasteiger partial charge in [0.25, 0.3) is 0 Å². The number of urea groups is 1. The van der Waals surface area contributed by atoms with Crippen molar-refractivity contribution in [2.24, 2.45) is 0 Å². The summed E-state index contributed by atoms with van der Waals surface area (Å²) in [6.45, 7) is 9.40. The Hall–Kier alpha value is -1.56. The number of hydrogen-bond donors (Lipinski definition) is 1. The summed E-state index contributed by atoms with van der Waals surface area (Å²) in [6, 6.07) is 2.08. The van der Waals surface area contributed by atoms with Gasteiger partial charge in [-0.1, -0.05) is 6.92 Å². The highest BCUT2D eigenvalue weighted by molar-refractivity contribution is 5.88. The molecule has 1 aliphatic heterocycles. The zero-order valence-corrected chi connectivity index (χ0v) is 12.7. The normalized spacial score (nSPS) is 24.5. The Morgan fingerprint density at radius 3 is 3.05 bits per heavy atom. The van der Waals surface area contributed by atoms with Crippen molar-refractivity contribution in [3.05, 3.63) is 12.3 Å². The lowest BCUT2D eigenvalue weighted by Crippen LogP contribution is -2.52. The molecule has 1 N–H and O–H groups in total. The van der Waals surface area contributed by atoms with E-state index >= 15 is 0 Å². The number of ether oxygens (including phenoxy) is 1. The van der Waals surface area contributed by atoms with Crippen LogP contribution in [0.25, 0.3) is 0 Å². The van der Waals surface area contributed by atoms with Gasteiger partial charge >= 0.3 is 6.03 Å². The third kappa shape index (κ3) is 2.95. The van der Waals surface area contributed by atoms with E-state index in [0.29, 0.717) is 13.2 Å². The second-order valence-corrected chi connectivity index (χ2v) is 5.36. The van der Waals surface area contributed by atoms with Crippen LogP contribution < -0.4 is 5.32 Å². The molecular formula is C14H24N4O2. The number of rotatable bonds is 3. The number of aromatic nitrogens is 2. The zero-order valence-electron chi connectivity index (χ0n) is 12.7. The lowest BCUT2D eigenvalue weighted by molar-refractivity contribution is -0.0355. The zero-order chi connectivity index (χ0) is 14.7. The van der Waals surface area contributed by atoms with Crippen LogP contribution in [0.2, 0.25) is 0 Å². The number of morpholine rings is 1. The summed E-state index contributed by atoms with van der Waals surface area (Å²) < 4.78 is 7.40. The van der Waals surface area contributed by atoms with Crippen molar-refractivity contribution in [3.8, 4) is 0 Å². The van der Waals surface area contributed by atoms with E-state index in [-0.39, 0.29) is 24.2 Å². The van der Waals surface area contributed by atoms with Crippen LogP contribution in [0.4, 0.5) is 10.6 Å². The van der Waals surface area contributed by atoms with Crippen molar-refractivity contribution in [1.82, 2.24) is 14.7 Å². The van der Waals surface area contributed by atoms with Gasteiger partial charge < -0.3 is 9.64 Å². The van der Waals surface area contributed by atoms with E-state index in [1.165, 1.54) is 0 Å². The number of anilines is 1. The Morgan fingerprint density at radius 1 is 1.60 bits per heavy atom. The molecule has 0 aromatic carbocycles. The highest BCUT2D eigenvalue weighted by Gasteiger charge is 2.29. The Bertz CT molecular complexity index is 460. The van der Waals surface area contributed by atoms with Gasteiger partial charge in [-0.15, -0.1) is 0 Å².